The predicted octanol–water partition coefficient (Wildman–Crippen LogP) is 2.31. The molecule has 0 aliphatic heterocycles. The number of nitriles is 1. The molecule has 1 rings (SSSR count). The van der Waals surface area contributed by atoms with Crippen LogP contribution in [0.2, 0.25) is 0 Å². The summed E-state index contributed by atoms with van der Waals surface area (Å²) in [6.07, 6.45) is 1.75. The number of hydrogen-bond acceptors (Lipinski definition) is 3. The number of nitrogens with zero attached hydrogens (tertiary/aromatic N) is 2. The predicted molar refractivity (Wildman–Crippen MR) is 68.4 cm³/mol. The summed E-state index contributed by atoms with van der Waals surface area (Å²) in [5.41, 5.74) is 1.39. The third-order valence-corrected chi connectivity index (χ3v) is 2.82. The first-order valence-corrected chi connectivity index (χ1v) is 5.69. The fourth-order valence-corrected chi connectivity index (χ4v) is 1.92. The summed E-state index contributed by atoms with van der Waals surface area (Å²) in [4.78, 5) is 1.91. The van der Waals surface area contributed by atoms with Crippen molar-refractivity contribution in [3.05, 3.63) is 40.9 Å². The van der Waals surface area contributed by atoms with Crippen molar-refractivity contribution >= 4 is 21.6 Å². The van der Waals surface area contributed by atoms with Gasteiger partial charge in [-0.2, -0.15) is 5.26 Å². The average molecular weight is 281 g/mol. The molecule has 0 heterocycles. The second-order valence-corrected chi connectivity index (χ2v) is 4.06. The van der Waals surface area contributed by atoms with Crippen LogP contribution in [0.25, 0.3) is 0 Å². The Morgan fingerprint density at radius 1 is 1.56 bits per heavy atom. The molecular weight excluding hydrogens is 268 g/mol. The second-order valence-electron chi connectivity index (χ2n) is 3.20. The molecule has 0 amide bonds. The molecule has 84 valence electrons. The maximum absolute atomic E-state index is 9.09. The van der Waals surface area contributed by atoms with E-state index in [9.17, 15) is 0 Å². The fraction of sp³-hybridized carbons (Fsp3) is 0.250. The summed E-state index contributed by atoms with van der Waals surface area (Å²) in [5.74, 6) is 0. The van der Waals surface area contributed by atoms with Gasteiger partial charge in [0.05, 0.1) is 17.9 Å². The van der Waals surface area contributed by atoms with Crippen LogP contribution in [-0.2, 0) is 0 Å². The molecule has 0 saturated carbocycles. The molecule has 0 saturated heterocycles. The summed E-state index contributed by atoms with van der Waals surface area (Å²) >= 11 is 3.34. The lowest BCUT2D eigenvalue weighted by molar-refractivity contribution is 0.303. The monoisotopic (exact) mass is 280 g/mol. The molecule has 0 aromatic heterocycles. The van der Waals surface area contributed by atoms with Crippen molar-refractivity contribution < 1.29 is 5.11 Å². The number of anilines is 1. The summed E-state index contributed by atoms with van der Waals surface area (Å²) in [6, 6.07) is 7.72. The van der Waals surface area contributed by atoms with E-state index in [0.717, 1.165) is 10.2 Å². The van der Waals surface area contributed by atoms with Gasteiger partial charge in [-0.3, -0.25) is 0 Å². The lowest BCUT2D eigenvalue weighted by Crippen LogP contribution is -2.27. The summed E-state index contributed by atoms with van der Waals surface area (Å²) in [7, 11) is 0. The van der Waals surface area contributed by atoms with Crippen molar-refractivity contribution in [1.29, 1.82) is 5.26 Å². The van der Waals surface area contributed by atoms with Crippen molar-refractivity contribution in [3.8, 4) is 6.07 Å². The zero-order valence-electron chi connectivity index (χ0n) is 8.86. The number of halogens is 1. The van der Waals surface area contributed by atoms with Gasteiger partial charge in [0, 0.05) is 17.6 Å². The fourth-order valence-electron chi connectivity index (χ4n) is 1.47. The van der Waals surface area contributed by atoms with Crippen molar-refractivity contribution in [2.75, 3.05) is 24.6 Å². The number of hydrogen-bond donors (Lipinski definition) is 1. The molecule has 0 spiro atoms. The normalized spacial score (nSPS) is 9.56. The third-order valence-electron chi connectivity index (χ3n) is 2.16. The van der Waals surface area contributed by atoms with E-state index in [2.05, 4.69) is 28.6 Å². The Morgan fingerprint density at radius 2 is 2.31 bits per heavy atom. The van der Waals surface area contributed by atoms with Crippen LogP contribution in [0.4, 0.5) is 5.69 Å². The minimum absolute atomic E-state index is 0.0468. The highest BCUT2D eigenvalue weighted by atomic mass is 79.9. The van der Waals surface area contributed by atoms with Crippen molar-refractivity contribution in [2.45, 2.75) is 0 Å². The first-order valence-electron chi connectivity index (χ1n) is 4.90. The van der Waals surface area contributed by atoms with Gasteiger partial charge in [-0.1, -0.05) is 12.1 Å². The van der Waals surface area contributed by atoms with E-state index in [0.29, 0.717) is 18.7 Å². The summed E-state index contributed by atoms with van der Waals surface area (Å²) in [5, 5.41) is 18.1. The Morgan fingerprint density at radius 3 is 2.88 bits per heavy atom. The van der Waals surface area contributed by atoms with Gasteiger partial charge in [0.1, 0.15) is 6.07 Å². The lowest BCUT2D eigenvalue weighted by atomic mass is 10.1. The number of aliphatic hydroxyl groups is 1. The van der Waals surface area contributed by atoms with E-state index in [4.69, 9.17) is 10.4 Å². The maximum atomic E-state index is 9.09. The zero-order valence-corrected chi connectivity index (χ0v) is 10.4. The van der Waals surface area contributed by atoms with Crippen molar-refractivity contribution in [2.24, 2.45) is 0 Å². The Bertz CT molecular complexity index is 412. The van der Waals surface area contributed by atoms with Gasteiger partial charge in [0.2, 0.25) is 0 Å². The van der Waals surface area contributed by atoms with E-state index < -0.39 is 0 Å². The SMILES string of the molecule is C=CCN(CCO)c1cccc(Br)c1C#N. The van der Waals surface area contributed by atoms with Gasteiger partial charge in [-0.25, -0.2) is 0 Å². The van der Waals surface area contributed by atoms with Crippen LogP contribution in [-0.4, -0.2) is 24.8 Å². The second kappa shape index (κ2) is 6.31. The molecule has 1 aromatic rings. The van der Waals surface area contributed by atoms with Crippen molar-refractivity contribution in [3.63, 3.8) is 0 Å². The van der Waals surface area contributed by atoms with Crippen LogP contribution >= 0.6 is 15.9 Å². The van der Waals surface area contributed by atoms with E-state index in [1.54, 1.807) is 6.08 Å². The molecule has 0 fully saturated rings. The Balaban J connectivity index is 3.13. The summed E-state index contributed by atoms with van der Waals surface area (Å²) in [6.45, 7) is 4.80. The van der Waals surface area contributed by atoms with Gasteiger partial charge in [-0.15, -0.1) is 6.58 Å². The molecule has 0 atom stereocenters. The van der Waals surface area contributed by atoms with Crippen LogP contribution in [0.15, 0.2) is 35.3 Å². The highest BCUT2D eigenvalue weighted by molar-refractivity contribution is 9.10. The van der Waals surface area contributed by atoms with E-state index in [-0.39, 0.29) is 6.61 Å². The van der Waals surface area contributed by atoms with Crippen LogP contribution in [0, 0.1) is 11.3 Å². The van der Waals surface area contributed by atoms with Gasteiger partial charge in [-0.05, 0) is 28.1 Å². The minimum Gasteiger partial charge on any atom is -0.395 e. The third kappa shape index (κ3) is 2.84. The molecular formula is C12H13BrN2O. The number of benzene rings is 1. The Labute approximate surface area is 104 Å². The highest BCUT2D eigenvalue weighted by Gasteiger charge is 2.11. The molecule has 1 N–H and O–H groups in total. The Hall–Kier alpha value is -1.31. The standard InChI is InChI=1S/C12H13BrN2O/c1-2-6-15(7-8-16)12-5-3-4-11(13)10(12)9-14/h2-5,16H,1,6-8H2. The molecule has 3 nitrogen and oxygen atoms in total. The van der Waals surface area contributed by atoms with E-state index in [1.807, 2.05) is 23.1 Å². The average Bonchev–Trinajstić information content (AvgIpc) is 2.28. The molecule has 4 heteroatoms. The van der Waals surface area contributed by atoms with Gasteiger partial charge < -0.3 is 10.0 Å². The Kier molecular flexibility index (Phi) is 5.03. The molecule has 1 aromatic carbocycles. The van der Waals surface area contributed by atoms with Crippen LogP contribution in [0.3, 0.4) is 0 Å². The molecule has 0 bridgehead atoms. The van der Waals surface area contributed by atoms with E-state index >= 15 is 0 Å². The van der Waals surface area contributed by atoms with Gasteiger partial charge in [0.25, 0.3) is 0 Å². The largest absolute Gasteiger partial charge is 0.395 e. The van der Waals surface area contributed by atoms with Crippen molar-refractivity contribution in [1.82, 2.24) is 0 Å². The smallest absolute Gasteiger partial charge is 0.103 e. The van der Waals surface area contributed by atoms with E-state index in [1.165, 1.54) is 0 Å². The van der Waals surface area contributed by atoms with Gasteiger partial charge >= 0.3 is 0 Å². The van der Waals surface area contributed by atoms with Crippen LogP contribution < -0.4 is 4.90 Å². The zero-order chi connectivity index (χ0) is 12.0. The quantitative estimate of drug-likeness (QED) is 0.842. The molecule has 16 heavy (non-hydrogen) atoms. The first-order chi connectivity index (χ1) is 7.74. The topological polar surface area (TPSA) is 47.3 Å². The molecule has 0 unspecified atom stereocenters. The maximum Gasteiger partial charge on any atom is 0.103 e. The summed E-state index contributed by atoms with van der Waals surface area (Å²) < 4.78 is 0.763. The number of aliphatic hydroxyl groups excluding tert-OH is 1. The lowest BCUT2D eigenvalue weighted by Gasteiger charge is -2.23. The molecule has 0 aliphatic carbocycles. The van der Waals surface area contributed by atoms with Crippen LogP contribution in [0.1, 0.15) is 5.56 Å². The van der Waals surface area contributed by atoms with Crippen LogP contribution in [0.5, 0.6) is 0 Å². The first kappa shape index (κ1) is 12.8. The molecule has 0 aliphatic rings. The number of rotatable bonds is 5. The minimum atomic E-state index is 0.0468. The highest BCUT2D eigenvalue weighted by Crippen LogP contribution is 2.26. The van der Waals surface area contributed by atoms with Gasteiger partial charge in [0.15, 0.2) is 0 Å². The molecule has 0 radical (unpaired) electrons.